The number of nitrogen functional groups attached to an aromatic ring is 1. The smallest absolute Gasteiger partial charge is 0.242 e. The highest BCUT2D eigenvalue weighted by Crippen LogP contribution is 2.20. The van der Waals surface area contributed by atoms with Crippen LogP contribution >= 0.6 is 0 Å². The SMILES string of the molecule is CC(Nc1nc2ccc(N)cc2[nH]1)C(=O)NC1CC1. The Balaban J connectivity index is 1.71. The van der Waals surface area contributed by atoms with Gasteiger partial charge in [0, 0.05) is 11.7 Å². The summed E-state index contributed by atoms with van der Waals surface area (Å²) in [5, 5.41) is 6.02. The van der Waals surface area contributed by atoms with Gasteiger partial charge < -0.3 is 21.4 Å². The summed E-state index contributed by atoms with van der Waals surface area (Å²) in [6.07, 6.45) is 2.17. The minimum Gasteiger partial charge on any atom is -0.399 e. The first-order valence-corrected chi connectivity index (χ1v) is 6.44. The Morgan fingerprint density at radius 1 is 1.53 bits per heavy atom. The van der Waals surface area contributed by atoms with Crippen LogP contribution in [0.4, 0.5) is 11.6 Å². The molecule has 1 aliphatic carbocycles. The lowest BCUT2D eigenvalue weighted by Crippen LogP contribution is -2.38. The number of hydrogen-bond acceptors (Lipinski definition) is 4. The first-order chi connectivity index (χ1) is 9.11. The lowest BCUT2D eigenvalue weighted by Gasteiger charge is -2.12. The van der Waals surface area contributed by atoms with Gasteiger partial charge in [0.1, 0.15) is 6.04 Å². The second-order valence-corrected chi connectivity index (χ2v) is 5.01. The molecule has 1 saturated carbocycles. The van der Waals surface area contributed by atoms with E-state index >= 15 is 0 Å². The predicted molar refractivity (Wildman–Crippen MR) is 74.8 cm³/mol. The van der Waals surface area contributed by atoms with E-state index in [2.05, 4.69) is 20.6 Å². The van der Waals surface area contributed by atoms with Crippen LogP contribution in [0.15, 0.2) is 18.2 Å². The summed E-state index contributed by atoms with van der Waals surface area (Å²) in [6, 6.07) is 5.52. The molecule has 0 spiro atoms. The third kappa shape index (κ3) is 2.62. The van der Waals surface area contributed by atoms with Crippen molar-refractivity contribution in [1.82, 2.24) is 15.3 Å². The van der Waals surface area contributed by atoms with Crippen LogP contribution in [0.25, 0.3) is 11.0 Å². The van der Waals surface area contributed by atoms with Gasteiger partial charge in [-0.05, 0) is 38.0 Å². The highest BCUT2D eigenvalue weighted by Gasteiger charge is 2.25. The molecule has 5 N–H and O–H groups in total. The molecule has 6 heteroatoms. The van der Waals surface area contributed by atoms with Crippen LogP contribution in [-0.2, 0) is 4.79 Å². The molecule has 0 bridgehead atoms. The van der Waals surface area contributed by atoms with E-state index in [0.29, 0.717) is 17.7 Å². The molecule has 1 aromatic heterocycles. The minimum atomic E-state index is -0.321. The number of nitrogens with two attached hydrogens (primary N) is 1. The number of nitrogens with one attached hydrogen (secondary N) is 3. The van der Waals surface area contributed by atoms with Crippen molar-refractivity contribution in [1.29, 1.82) is 0 Å². The average molecular weight is 259 g/mol. The number of anilines is 2. The summed E-state index contributed by atoms with van der Waals surface area (Å²) in [7, 11) is 0. The van der Waals surface area contributed by atoms with E-state index in [9.17, 15) is 4.79 Å². The van der Waals surface area contributed by atoms with Gasteiger partial charge in [0.15, 0.2) is 0 Å². The number of hydrogen-bond donors (Lipinski definition) is 4. The molecule has 1 unspecified atom stereocenters. The van der Waals surface area contributed by atoms with Crippen molar-refractivity contribution < 1.29 is 4.79 Å². The van der Waals surface area contributed by atoms with E-state index in [-0.39, 0.29) is 11.9 Å². The maximum Gasteiger partial charge on any atom is 0.242 e. The van der Waals surface area contributed by atoms with Gasteiger partial charge in [-0.15, -0.1) is 0 Å². The number of aromatic amines is 1. The molecule has 0 radical (unpaired) electrons. The summed E-state index contributed by atoms with van der Waals surface area (Å²) in [6.45, 7) is 1.82. The Kier molecular flexibility index (Phi) is 2.77. The molecule has 1 atom stereocenters. The van der Waals surface area contributed by atoms with Crippen LogP contribution in [0.2, 0.25) is 0 Å². The van der Waals surface area contributed by atoms with Crippen molar-refractivity contribution >= 4 is 28.6 Å². The molecule has 0 aliphatic heterocycles. The molecular weight excluding hydrogens is 242 g/mol. The van der Waals surface area contributed by atoms with Gasteiger partial charge in [-0.3, -0.25) is 4.79 Å². The van der Waals surface area contributed by atoms with Crippen LogP contribution in [0.5, 0.6) is 0 Å². The second-order valence-electron chi connectivity index (χ2n) is 5.01. The first kappa shape index (κ1) is 11.8. The molecule has 1 heterocycles. The van der Waals surface area contributed by atoms with E-state index in [1.165, 1.54) is 0 Å². The molecule has 1 fully saturated rings. The van der Waals surface area contributed by atoms with Crippen LogP contribution in [0.3, 0.4) is 0 Å². The Hall–Kier alpha value is -2.24. The molecule has 1 aromatic carbocycles. The van der Waals surface area contributed by atoms with Crippen LogP contribution < -0.4 is 16.4 Å². The Morgan fingerprint density at radius 2 is 2.32 bits per heavy atom. The molecule has 19 heavy (non-hydrogen) atoms. The standard InChI is InChI=1S/C13H17N5O/c1-7(12(19)16-9-3-4-9)15-13-17-10-5-2-8(14)6-11(10)18-13/h2,5-7,9H,3-4,14H2,1H3,(H,16,19)(H2,15,17,18). The number of H-pyrrole nitrogens is 1. The van der Waals surface area contributed by atoms with E-state index < -0.39 is 0 Å². The summed E-state index contributed by atoms with van der Waals surface area (Å²) in [5.41, 5.74) is 8.08. The van der Waals surface area contributed by atoms with Gasteiger partial charge in [0.05, 0.1) is 11.0 Å². The number of nitrogens with zero attached hydrogens (tertiary/aromatic N) is 1. The van der Waals surface area contributed by atoms with Crippen molar-refractivity contribution in [2.75, 3.05) is 11.1 Å². The second kappa shape index (κ2) is 4.46. The van der Waals surface area contributed by atoms with Crippen molar-refractivity contribution in [3.63, 3.8) is 0 Å². The Labute approximate surface area is 110 Å². The maximum atomic E-state index is 11.8. The Morgan fingerprint density at radius 3 is 3.05 bits per heavy atom. The lowest BCUT2D eigenvalue weighted by atomic mass is 10.3. The zero-order chi connectivity index (χ0) is 13.4. The fourth-order valence-corrected chi connectivity index (χ4v) is 1.92. The van der Waals surface area contributed by atoms with Gasteiger partial charge >= 0.3 is 0 Å². The molecule has 1 aliphatic rings. The fraction of sp³-hybridized carbons (Fsp3) is 0.385. The summed E-state index contributed by atoms with van der Waals surface area (Å²) in [4.78, 5) is 19.3. The number of imidazole rings is 1. The fourth-order valence-electron chi connectivity index (χ4n) is 1.92. The first-order valence-electron chi connectivity index (χ1n) is 6.44. The average Bonchev–Trinajstić information content (AvgIpc) is 3.08. The largest absolute Gasteiger partial charge is 0.399 e. The highest BCUT2D eigenvalue weighted by atomic mass is 16.2. The quantitative estimate of drug-likeness (QED) is 0.621. The summed E-state index contributed by atoms with van der Waals surface area (Å²) >= 11 is 0. The summed E-state index contributed by atoms with van der Waals surface area (Å²) < 4.78 is 0. The third-order valence-electron chi connectivity index (χ3n) is 3.18. The van der Waals surface area contributed by atoms with E-state index in [1.807, 2.05) is 19.1 Å². The zero-order valence-corrected chi connectivity index (χ0v) is 10.7. The molecule has 100 valence electrons. The van der Waals surface area contributed by atoms with E-state index in [1.54, 1.807) is 6.07 Å². The topological polar surface area (TPSA) is 95.8 Å². The van der Waals surface area contributed by atoms with Crippen molar-refractivity contribution in [3.05, 3.63) is 18.2 Å². The number of carbonyl (C=O) groups is 1. The number of carbonyl (C=O) groups excluding carboxylic acids is 1. The van der Waals surface area contributed by atoms with Crippen molar-refractivity contribution in [2.24, 2.45) is 0 Å². The molecule has 1 amide bonds. The number of aromatic nitrogens is 2. The van der Waals surface area contributed by atoms with Gasteiger partial charge in [-0.2, -0.15) is 0 Å². The monoisotopic (exact) mass is 259 g/mol. The predicted octanol–water partition coefficient (Wildman–Crippen LogP) is 1.22. The lowest BCUT2D eigenvalue weighted by molar-refractivity contribution is -0.121. The molecule has 6 nitrogen and oxygen atoms in total. The zero-order valence-electron chi connectivity index (χ0n) is 10.7. The number of amides is 1. The van der Waals surface area contributed by atoms with Gasteiger partial charge in [-0.25, -0.2) is 4.98 Å². The van der Waals surface area contributed by atoms with Crippen LogP contribution in [0.1, 0.15) is 19.8 Å². The molecule has 2 aromatic rings. The van der Waals surface area contributed by atoms with Crippen LogP contribution in [0, 0.1) is 0 Å². The Bertz CT molecular complexity index is 617. The summed E-state index contributed by atoms with van der Waals surface area (Å²) in [5.74, 6) is 0.585. The maximum absolute atomic E-state index is 11.8. The third-order valence-corrected chi connectivity index (χ3v) is 3.18. The normalized spacial score (nSPS) is 16.3. The molecular formula is C13H17N5O. The minimum absolute atomic E-state index is 0.00229. The molecule has 3 rings (SSSR count). The van der Waals surface area contributed by atoms with Gasteiger partial charge in [0.25, 0.3) is 0 Å². The van der Waals surface area contributed by atoms with E-state index in [4.69, 9.17) is 5.73 Å². The van der Waals surface area contributed by atoms with Gasteiger partial charge in [-0.1, -0.05) is 0 Å². The van der Waals surface area contributed by atoms with E-state index in [0.717, 1.165) is 23.9 Å². The van der Waals surface area contributed by atoms with Gasteiger partial charge in [0.2, 0.25) is 11.9 Å². The van der Waals surface area contributed by atoms with Crippen molar-refractivity contribution in [2.45, 2.75) is 31.8 Å². The van der Waals surface area contributed by atoms with Crippen molar-refractivity contribution in [3.8, 4) is 0 Å². The number of rotatable bonds is 4. The highest BCUT2D eigenvalue weighted by molar-refractivity contribution is 5.85. The molecule has 0 saturated heterocycles. The number of benzene rings is 1. The number of fused-ring (bicyclic) bond motifs is 1. The van der Waals surface area contributed by atoms with Crippen LogP contribution in [-0.4, -0.2) is 28.0 Å².